The van der Waals surface area contributed by atoms with Crippen LogP contribution >= 0.6 is 0 Å². The number of hydrogen-bond donors (Lipinski definition) is 0. The van der Waals surface area contributed by atoms with Gasteiger partial charge in [0, 0.05) is 25.0 Å². The lowest BCUT2D eigenvalue weighted by Gasteiger charge is -2.36. The van der Waals surface area contributed by atoms with E-state index in [1.165, 1.54) is 16.0 Å². The first-order chi connectivity index (χ1) is 16.5. The maximum absolute atomic E-state index is 13.7. The van der Waals surface area contributed by atoms with Gasteiger partial charge in [-0.2, -0.15) is 0 Å². The maximum atomic E-state index is 13.7. The lowest BCUT2D eigenvalue weighted by atomic mass is 9.85. The molecule has 5 nitrogen and oxygen atoms in total. The predicted octanol–water partition coefficient (Wildman–Crippen LogP) is 4.28. The van der Waals surface area contributed by atoms with Gasteiger partial charge < -0.3 is 4.74 Å². The molecule has 3 fully saturated rings. The zero-order valence-electron chi connectivity index (χ0n) is 19.8. The summed E-state index contributed by atoms with van der Waals surface area (Å²) >= 11 is 0. The first-order valence-corrected chi connectivity index (χ1v) is 12.5. The fraction of sp³-hybridized carbons (Fsp3) is 0.448. The van der Waals surface area contributed by atoms with Crippen molar-refractivity contribution < 1.29 is 14.3 Å². The van der Waals surface area contributed by atoms with E-state index in [4.69, 9.17) is 4.74 Å². The summed E-state index contributed by atoms with van der Waals surface area (Å²) in [5, 5.41) is 0. The average Bonchev–Trinajstić information content (AvgIpc) is 3.48. The van der Waals surface area contributed by atoms with Gasteiger partial charge in [-0.05, 0) is 49.4 Å². The van der Waals surface area contributed by atoms with Gasteiger partial charge in [-0.25, -0.2) is 0 Å². The maximum Gasteiger partial charge on any atom is 0.235 e. The summed E-state index contributed by atoms with van der Waals surface area (Å²) in [6, 6.07) is 18.8. The third kappa shape index (κ3) is 3.45. The highest BCUT2D eigenvalue weighted by Crippen LogP contribution is 2.53. The summed E-state index contributed by atoms with van der Waals surface area (Å²) in [7, 11) is 0. The van der Waals surface area contributed by atoms with E-state index in [0.717, 1.165) is 36.9 Å². The molecule has 0 spiro atoms. The number of ether oxygens (including phenoxy) is 1. The van der Waals surface area contributed by atoms with Gasteiger partial charge in [0.05, 0.1) is 24.0 Å². The Hall–Kier alpha value is -2.76. The fourth-order valence-corrected chi connectivity index (χ4v) is 6.97. The Labute approximate surface area is 201 Å². The molecule has 0 N–H and O–H groups in total. The van der Waals surface area contributed by atoms with Crippen LogP contribution in [0.3, 0.4) is 0 Å². The number of imide groups is 1. The molecule has 0 bridgehead atoms. The number of benzene rings is 2. The van der Waals surface area contributed by atoms with Crippen LogP contribution in [0.25, 0.3) is 0 Å². The Morgan fingerprint density at radius 2 is 1.74 bits per heavy atom. The molecule has 2 aromatic carbocycles. The molecule has 4 heterocycles. The quantitative estimate of drug-likeness (QED) is 0.498. The highest BCUT2D eigenvalue weighted by molar-refractivity contribution is 6.06. The molecule has 5 atom stereocenters. The van der Waals surface area contributed by atoms with Crippen molar-refractivity contribution >= 4 is 11.8 Å². The van der Waals surface area contributed by atoms with Crippen molar-refractivity contribution in [2.75, 3.05) is 13.1 Å². The lowest BCUT2D eigenvalue weighted by molar-refractivity contribution is -0.141. The van der Waals surface area contributed by atoms with Crippen LogP contribution in [0.5, 0.6) is 0 Å². The molecular formula is C29H32N2O3. The summed E-state index contributed by atoms with van der Waals surface area (Å²) in [5.74, 6) is -0.561. The van der Waals surface area contributed by atoms with E-state index in [9.17, 15) is 9.59 Å². The number of amides is 2. The summed E-state index contributed by atoms with van der Waals surface area (Å²) in [6.45, 7) is 8.23. The van der Waals surface area contributed by atoms with Crippen LogP contribution in [0.2, 0.25) is 0 Å². The highest BCUT2D eigenvalue weighted by atomic mass is 16.5. The van der Waals surface area contributed by atoms with Crippen molar-refractivity contribution in [1.29, 1.82) is 0 Å². The number of nitrogens with zero attached hydrogens (tertiary/aromatic N) is 2. The molecule has 6 rings (SSSR count). The second-order valence-electron chi connectivity index (χ2n) is 10.7. The highest BCUT2D eigenvalue weighted by Gasteiger charge is 2.62. The zero-order valence-corrected chi connectivity index (χ0v) is 19.8. The molecule has 3 saturated heterocycles. The van der Waals surface area contributed by atoms with Gasteiger partial charge in [0.1, 0.15) is 0 Å². The van der Waals surface area contributed by atoms with Crippen LogP contribution in [-0.4, -0.2) is 46.3 Å². The molecule has 0 aromatic heterocycles. The van der Waals surface area contributed by atoms with E-state index in [1.807, 2.05) is 24.3 Å². The van der Waals surface area contributed by atoms with E-state index in [2.05, 4.69) is 48.7 Å². The Kier molecular flexibility index (Phi) is 5.23. The van der Waals surface area contributed by atoms with Gasteiger partial charge in [-0.1, -0.05) is 66.7 Å². The third-order valence-corrected chi connectivity index (χ3v) is 8.35. The van der Waals surface area contributed by atoms with Crippen molar-refractivity contribution in [3.05, 3.63) is 83.4 Å². The van der Waals surface area contributed by atoms with Crippen LogP contribution in [0.1, 0.15) is 48.9 Å². The van der Waals surface area contributed by atoms with E-state index < -0.39 is 0 Å². The van der Waals surface area contributed by atoms with Gasteiger partial charge in [-0.3, -0.25) is 19.4 Å². The van der Waals surface area contributed by atoms with Gasteiger partial charge in [-0.15, -0.1) is 0 Å². The minimum Gasteiger partial charge on any atom is -0.370 e. The topological polar surface area (TPSA) is 49.9 Å². The van der Waals surface area contributed by atoms with Crippen molar-refractivity contribution in [3.63, 3.8) is 0 Å². The normalized spacial score (nSPS) is 32.6. The molecule has 0 radical (unpaired) electrons. The van der Waals surface area contributed by atoms with E-state index in [1.54, 1.807) is 0 Å². The second-order valence-corrected chi connectivity index (χ2v) is 10.7. The van der Waals surface area contributed by atoms with E-state index in [0.29, 0.717) is 19.6 Å². The van der Waals surface area contributed by atoms with Crippen LogP contribution in [-0.2, 0) is 27.4 Å². The number of fused-ring (bicyclic) bond motifs is 4. The summed E-state index contributed by atoms with van der Waals surface area (Å²) < 4.78 is 6.23. The monoisotopic (exact) mass is 456 g/mol. The number of hydrogen-bond acceptors (Lipinski definition) is 4. The first-order valence-electron chi connectivity index (χ1n) is 12.5. The Balaban J connectivity index is 1.20. The van der Waals surface area contributed by atoms with Gasteiger partial charge in [0.25, 0.3) is 0 Å². The van der Waals surface area contributed by atoms with Crippen molar-refractivity contribution in [3.8, 4) is 0 Å². The number of carbonyl (C=O) groups excluding carboxylic acids is 2. The largest absolute Gasteiger partial charge is 0.370 e. The first kappa shape index (κ1) is 21.8. The molecule has 0 aliphatic carbocycles. The molecule has 4 aliphatic rings. The second kappa shape index (κ2) is 8.17. The van der Waals surface area contributed by atoms with Crippen LogP contribution in [0.4, 0.5) is 0 Å². The Morgan fingerprint density at radius 3 is 2.53 bits per heavy atom. The van der Waals surface area contributed by atoms with Crippen LogP contribution in [0, 0.1) is 11.8 Å². The average molecular weight is 457 g/mol. The summed E-state index contributed by atoms with van der Waals surface area (Å²) in [4.78, 5) is 31.2. The Bertz CT molecular complexity index is 1150. The SMILES string of the molecule is C=C(CN1C(=O)[C@@H]2[C@H](C1=O)[C@@H](c1ccccc1)N1CCC[C@H]21)C[C@@]1(C)Cc2ccccc2CO1. The third-order valence-electron chi connectivity index (χ3n) is 8.35. The number of carbonyl (C=O) groups is 2. The molecule has 34 heavy (non-hydrogen) atoms. The van der Waals surface area contributed by atoms with Crippen LogP contribution < -0.4 is 0 Å². The van der Waals surface area contributed by atoms with Crippen LogP contribution in [0.15, 0.2) is 66.7 Å². The molecule has 176 valence electrons. The molecule has 0 saturated carbocycles. The molecular weight excluding hydrogens is 424 g/mol. The van der Waals surface area contributed by atoms with Crippen molar-refractivity contribution in [1.82, 2.24) is 9.80 Å². The predicted molar refractivity (Wildman–Crippen MR) is 130 cm³/mol. The van der Waals surface area contributed by atoms with E-state index >= 15 is 0 Å². The smallest absolute Gasteiger partial charge is 0.235 e. The minimum atomic E-state index is -0.373. The number of rotatable bonds is 5. The zero-order chi connectivity index (χ0) is 23.4. The fourth-order valence-electron chi connectivity index (χ4n) is 6.97. The molecule has 5 heteroatoms. The molecule has 4 aliphatic heterocycles. The molecule has 0 unspecified atom stereocenters. The summed E-state index contributed by atoms with van der Waals surface area (Å²) in [6.07, 6.45) is 3.51. The Morgan fingerprint density at radius 1 is 1.03 bits per heavy atom. The standard InChI is InChI=1S/C29H32N2O3/c1-19(15-29(2)16-21-11-6-7-12-22(21)18-34-29)17-31-27(32)24-23-13-8-14-30(23)26(25(24)28(31)33)20-9-4-3-5-10-20/h3-7,9-12,23-26H,1,8,13-18H2,2H3/t23-,24+,25+,26-,29+/m1/s1. The van der Waals surface area contributed by atoms with Gasteiger partial charge >= 0.3 is 0 Å². The lowest BCUT2D eigenvalue weighted by Crippen LogP contribution is -2.41. The summed E-state index contributed by atoms with van der Waals surface area (Å²) in [5.41, 5.74) is 4.19. The number of likely N-dealkylation sites (tertiary alicyclic amines) is 1. The van der Waals surface area contributed by atoms with Crippen molar-refractivity contribution in [2.45, 2.75) is 56.9 Å². The minimum absolute atomic E-state index is 0.00783. The van der Waals surface area contributed by atoms with E-state index in [-0.39, 0.29) is 41.3 Å². The molecule has 2 amide bonds. The van der Waals surface area contributed by atoms with Crippen molar-refractivity contribution in [2.24, 2.45) is 11.8 Å². The van der Waals surface area contributed by atoms with Gasteiger partial charge in [0.15, 0.2) is 0 Å². The molecule has 2 aromatic rings. The van der Waals surface area contributed by atoms with Gasteiger partial charge in [0.2, 0.25) is 11.8 Å².